The van der Waals surface area contributed by atoms with Crippen molar-refractivity contribution >= 4 is 54.6 Å². The van der Waals surface area contributed by atoms with E-state index in [2.05, 4.69) is 60.0 Å². The number of fused-ring (bicyclic) bond motifs is 1. The lowest BCUT2D eigenvalue weighted by Gasteiger charge is -2.22. The van der Waals surface area contributed by atoms with E-state index in [9.17, 15) is 26.4 Å². The summed E-state index contributed by atoms with van der Waals surface area (Å²) in [5.41, 5.74) is 0.0918. The summed E-state index contributed by atoms with van der Waals surface area (Å²) in [6.07, 6.45) is -3.62. The first-order chi connectivity index (χ1) is 26.5. The van der Waals surface area contributed by atoms with Gasteiger partial charge in [-0.05, 0) is 48.8 Å². The van der Waals surface area contributed by atoms with E-state index in [4.69, 9.17) is 19.2 Å². The van der Waals surface area contributed by atoms with E-state index in [0.717, 1.165) is 34.8 Å². The molecule has 20 heteroatoms. The van der Waals surface area contributed by atoms with Gasteiger partial charge in [0.15, 0.2) is 24.1 Å². The molecular weight excluding hydrogens is 803 g/mol. The zero-order valence-electron chi connectivity index (χ0n) is 33.9. The quantitative estimate of drug-likeness (QED) is 0.0396. The molecule has 13 nitrogen and oxygen atoms in total. The monoisotopic (exact) mass is 855 g/mol. The van der Waals surface area contributed by atoms with Crippen LogP contribution in [0.15, 0.2) is 36.5 Å². The van der Waals surface area contributed by atoms with E-state index in [1.54, 1.807) is 19.1 Å². The van der Waals surface area contributed by atoms with Crippen molar-refractivity contribution < 1.29 is 45.0 Å². The van der Waals surface area contributed by atoms with Crippen LogP contribution in [0.4, 0.5) is 29.2 Å². The van der Waals surface area contributed by atoms with Crippen LogP contribution in [0.1, 0.15) is 28.5 Å². The van der Waals surface area contributed by atoms with E-state index >= 15 is 4.39 Å². The number of hydrogen-bond donors (Lipinski definition) is 2. The molecule has 0 spiro atoms. The summed E-state index contributed by atoms with van der Waals surface area (Å²) in [6.45, 7) is 15.0. The second-order valence-corrected chi connectivity index (χ2v) is 29.2. The molecule has 0 aliphatic heterocycles. The van der Waals surface area contributed by atoms with E-state index in [1.165, 1.54) is 24.0 Å². The number of carbonyl (C=O) groups is 1. The molecule has 0 saturated heterocycles. The lowest BCUT2D eigenvalue weighted by molar-refractivity contribution is -0.127. The highest BCUT2D eigenvalue weighted by Crippen LogP contribution is 2.37. The van der Waals surface area contributed by atoms with Crippen molar-refractivity contribution in [1.29, 1.82) is 0 Å². The van der Waals surface area contributed by atoms with Gasteiger partial charge in [-0.3, -0.25) is 9.10 Å². The van der Waals surface area contributed by atoms with Crippen molar-refractivity contribution in [3.8, 4) is 17.0 Å². The van der Waals surface area contributed by atoms with E-state index in [-0.39, 0.29) is 71.7 Å². The van der Waals surface area contributed by atoms with Crippen molar-refractivity contribution in [2.24, 2.45) is 0 Å². The summed E-state index contributed by atoms with van der Waals surface area (Å²) in [5, 5.41) is 10.5. The van der Waals surface area contributed by atoms with Crippen LogP contribution in [0, 0.1) is 5.82 Å². The maximum absolute atomic E-state index is 15.8. The molecule has 3 heterocycles. The third kappa shape index (κ3) is 12.9. The summed E-state index contributed by atoms with van der Waals surface area (Å²) >= 11 is 0. The smallest absolute Gasteiger partial charge is 0.393 e. The summed E-state index contributed by atoms with van der Waals surface area (Å²) < 4.78 is 103. The summed E-state index contributed by atoms with van der Waals surface area (Å²) in [4.78, 5) is 22.3. The predicted octanol–water partition coefficient (Wildman–Crippen LogP) is 7.50. The first-order valence-electron chi connectivity index (χ1n) is 18.5. The molecule has 1 aromatic carbocycles. The maximum Gasteiger partial charge on any atom is 0.393 e. The van der Waals surface area contributed by atoms with Gasteiger partial charge in [0.05, 0.1) is 29.3 Å². The van der Waals surface area contributed by atoms with Gasteiger partial charge >= 0.3 is 6.18 Å². The second-order valence-electron chi connectivity index (χ2n) is 16.0. The number of nitrogens with zero attached hydrogens (tertiary/aromatic N) is 5. The molecule has 0 aliphatic carbocycles. The number of aromatic nitrogens is 4. The molecule has 314 valence electrons. The number of carbonyl (C=O) groups excluding carboxylic acids is 1. The Morgan fingerprint density at radius 3 is 2.26 bits per heavy atom. The highest BCUT2D eigenvalue weighted by Gasteiger charge is 2.31. The third-order valence-corrected chi connectivity index (χ3v) is 13.4. The Balaban J connectivity index is 1.89. The second kappa shape index (κ2) is 18.6. The number of nitrogens with one attached hydrogen (secondary N) is 2. The zero-order valence-corrected chi connectivity index (χ0v) is 36.8. The molecule has 0 aliphatic rings. The largest absolute Gasteiger partial charge is 0.464 e. The average molecular weight is 856 g/mol. The van der Waals surface area contributed by atoms with Gasteiger partial charge in [0, 0.05) is 66.8 Å². The zero-order chi connectivity index (χ0) is 42.3. The number of alkyl halides is 3. The van der Waals surface area contributed by atoms with Crippen molar-refractivity contribution in [2.75, 3.05) is 49.5 Å². The summed E-state index contributed by atoms with van der Waals surface area (Å²) in [5.74, 6) is -1.76. The molecule has 2 N–H and O–H groups in total. The van der Waals surface area contributed by atoms with Gasteiger partial charge in [-0.1, -0.05) is 45.3 Å². The predicted molar refractivity (Wildman–Crippen MR) is 219 cm³/mol. The highest BCUT2D eigenvalue weighted by molar-refractivity contribution is 7.92. The number of sulfonamides is 1. The minimum absolute atomic E-state index is 0.0150. The minimum atomic E-state index is -4.69. The van der Waals surface area contributed by atoms with Gasteiger partial charge in [-0.25, -0.2) is 27.5 Å². The average Bonchev–Trinajstić information content (AvgIpc) is 3.47. The minimum Gasteiger partial charge on any atom is -0.464 e. The number of benzene rings is 1. The fourth-order valence-electron chi connectivity index (χ4n) is 5.73. The number of amides is 1. The van der Waals surface area contributed by atoms with Gasteiger partial charge in [-0.2, -0.15) is 18.3 Å². The van der Waals surface area contributed by atoms with Crippen molar-refractivity contribution in [3.63, 3.8) is 0 Å². The first-order valence-corrected chi connectivity index (χ1v) is 27.7. The lowest BCUT2D eigenvalue weighted by Crippen LogP contribution is -2.31. The molecular formula is C37H53F4N7O6SSi2. The molecule has 0 atom stereocenters. The Bertz CT molecular complexity index is 2140. The summed E-state index contributed by atoms with van der Waals surface area (Å²) in [7, 11) is -5.22. The normalized spacial score (nSPS) is 12.6. The van der Waals surface area contributed by atoms with E-state index < -0.39 is 56.2 Å². The van der Waals surface area contributed by atoms with Crippen molar-refractivity contribution in [3.05, 3.63) is 59.2 Å². The van der Waals surface area contributed by atoms with Gasteiger partial charge < -0.3 is 24.8 Å². The molecule has 0 fully saturated rings. The molecule has 3 aromatic heterocycles. The fraction of sp³-hybridized carbons (Fsp3) is 0.514. The van der Waals surface area contributed by atoms with E-state index in [1.807, 2.05) is 0 Å². The van der Waals surface area contributed by atoms with Crippen LogP contribution in [0.5, 0.6) is 5.75 Å². The number of anilines is 2. The van der Waals surface area contributed by atoms with Crippen molar-refractivity contribution in [2.45, 2.75) is 84.2 Å². The SMILES string of the molecule is CCN(c1ncccc1CNc1nc(-c2cc(F)c(OCOCC[Si](C)(C)C)cc2CC(F)(F)F)cc2c1c(C(=O)NC)nn2COCC[Si](C)(C)C)S(C)(=O)=O. The molecule has 57 heavy (non-hydrogen) atoms. The van der Waals surface area contributed by atoms with Gasteiger partial charge in [0.1, 0.15) is 18.4 Å². The number of hydrogen-bond acceptors (Lipinski definition) is 10. The number of halogens is 4. The molecule has 4 aromatic rings. The van der Waals surface area contributed by atoms with Gasteiger partial charge in [0.2, 0.25) is 10.0 Å². The topological polar surface area (TPSA) is 150 Å². The summed E-state index contributed by atoms with van der Waals surface area (Å²) in [6, 6.07) is 8.30. The Labute approximate surface area is 333 Å². The maximum atomic E-state index is 15.8. The Morgan fingerprint density at radius 2 is 1.67 bits per heavy atom. The van der Waals surface area contributed by atoms with Crippen molar-refractivity contribution in [1.82, 2.24) is 25.1 Å². The standard InChI is InChI=1S/C37H53F4N7O6SSi2/c1-10-48(55(3,50)51)35-25(12-11-13-43-35)22-44-34-32-30(47(46-33(32)36(49)42-2)23-52-14-16-56(4,5)6)20-29(45-34)27-19-28(38)31(18-26(27)21-37(39,40)41)54-24-53-15-17-57(7,8)9/h11-13,18-20H,10,14-17,21-24H2,1-9H3,(H,42,49)(H,44,45). The Kier molecular flexibility index (Phi) is 14.9. The number of ether oxygens (including phenoxy) is 3. The lowest BCUT2D eigenvalue weighted by atomic mass is 9.99. The number of rotatable bonds is 20. The third-order valence-electron chi connectivity index (χ3n) is 8.74. The molecule has 0 saturated carbocycles. The molecule has 0 unspecified atom stereocenters. The van der Waals surface area contributed by atoms with Crippen LogP contribution >= 0.6 is 0 Å². The number of pyridine rings is 2. The first kappa shape index (κ1) is 45.6. The molecule has 4 rings (SSSR count). The van der Waals surface area contributed by atoms with Crippen LogP contribution in [-0.4, -0.2) is 96.3 Å². The van der Waals surface area contributed by atoms with Gasteiger partial charge in [-0.15, -0.1) is 0 Å². The van der Waals surface area contributed by atoms with E-state index in [0.29, 0.717) is 18.8 Å². The fourth-order valence-corrected chi connectivity index (χ4v) is 8.19. The van der Waals surface area contributed by atoms with Crippen LogP contribution in [0.3, 0.4) is 0 Å². The van der Waals surface area contributed by atoms with Crippen LogP contribution in [0.2, 0.25) is 51.4 Å². The molecule has 1 amide bonds. The Morgan fingerprint density at radius 1 is 1.00 bits per heavy atom. The highest BCUT2D eigenvalue weighted by atomic mass is 32.2. The van der Waals surface area contributed by atoms with Crippen LogP contribution in [0.25, 0.3) is 22.2 Å². The molecule has 0 bridgehead atoms. The molecule has 0 radical (unpaired) electrons. The Hall–Kier alpha value is -4.12. The van der Waals surface area contributed by atoms with Crippen LogP contribution in [-0.2, 0) is 39.2 Å². The van der Waals surface area contributed by atoms with Crippen LogP contribution < -0.4 is 19.7 Å². The van der Waals surface area contributed by atoms with Gasteiger partial charge in [0.25, 0.3) is 5.91 Å².